The highest BCUT2D eigenvalue weighted by Gasteiger charge is 2.33. The number of piperidine rings is 1. The van der Waals surface area contributed by atoms with Gasteiger partial charge in [0.1, 0.15) is 5.78 Å². The summed E-state index contributed by atoms with van der Waals surface area (Å²) in [4.78, 5) is 14.2. The molecule has 0 N–H and O–H groups in total. The molecular formula is C15H27NO. The van der Waals surface area contributed by atoms with Crippen molar-refractivity contribution in [3.63, 3.8) is 0 Å². The predicted molar refractivity (Wildman–Crippen MR) is 70.9 cm³/mol. The van der Waals surface area contributed by atoms with E-state index in [1.54, 1.807) is 0 Å². The van der Waals surface area contributed by atoms with E-state index in [2.05, 4.69) is 25.7 Å². The molecule has 17 heavy (non-hydrogen) atoms. The van der Waals surface area contributed by atoms with E-state index in [0.717, 1.165) is 24.8 Å². The average Bonchev–Trinajstić information content (AvgIpc) is 2.32. The number of Topliss-reactive ketones (excluding diaryl/α,β-unsaturated/α-hetero) is 1. The Balaban J connectivity index is 1.91. The van der Waals surface area contributed by atoms with E-state index >= 15 is 0 Å². The number of hydrogen-bond acceptors (Lipinski definition) is 2. The molecule has 2 rings (SSSR count). The smallest absolute Gasteiger partial charge is 0.138 e. The zero-order valence-corrected chi connectivity index (χ0v) is 11.6. The Morgan fingerprint density at radius 1 is 1.18 bits per heavy atom. The highest BCUT2D eigenvalue weighted by molar-refractivity contribution is 5.82. The number of likely N-dealkylation sites (tertiary alicyclic amines) is 1. The molecular weight excluding hydrogens is 210 g/mol. The van der Waals surface area contributed by atoms with Gasteiger partial charge in [0.05, 0.1) is 0 Å². The molecule has 0 aromatic carbocycles. The van der Waals surface area contributed by atoms with E-state index in [-0.39, 0.29) is 5.92 Å². The van der Waals surface area contributed by atoms with Crippen molar-refractivity contribution in [3.8, 4) is 0 Å². The molecule has 0 aromatic heterocycles. The molecule has 4 unspecified atom stereocenters. The van der Waals surface area contributed by atoms with Crippen LogP contribution in [0.25, 0.3) is 0 Å². The quantitative estimate of drug-likeness (QED) is 0.735. The largest absolute Gasteiger partial charge is 0.299 e. The number of nitrogens with zero attached hydrogens (tertiary/aromatic N) is 1. The minimum Gasteiger partial charge on any atom is -0.299 e. The van der Waals surface area contributed by atoms with Gasteiger partial charge in [-0.2, -0.15) is 0 Å². The topological polar surface area (TPSA) is 20.3 Å². The van der Waals surface area contributed by atoms with Gasteiger partial charge in [0.15, 0.2) is 0 Å². The second kappa shape index (κ2) is 5.51. The number of carbonyl (C=O) groups is 1. The van der Waals surface area contributed by atoms with Crippen LogP contribution >= 0.6 is 0 Å². The zero-order chi connectivity index (χ0) is 12.4. The van der Waals surface area contributed by atoms with E-state index in [9.17, 15) is 4.79 Å². The van der Waals surface area contributed by atoms with Crippen LogP contribution in [0.2, 0.25) is 0 Å². The third kappa shape index (κ3) is 2.90. The van der Waals surface area contributed by atoms with Crippen LogP contribution in [0.3, 0.4) is 0 Å². The molecule has 1 heterocycles. The maximum absolute atomic E-state index is 11.7. The second-order valence-electron chi connectivity index (χ2n) is 6.26. The van der Waals surface area contributed by atoms with Crippen molar-refractivity contribution >= 4 is 5.78 Å². The Kier molecular flexibility index (Phi) is 4.24. The first kappa shape index (κ1) is 13.1. The molecule has 0 spiro atoms. The van der Waals surface area contributed by atoms with Crippen LogP contribution < -0.4 is 0 Å². The lowest BCUT2D eigenvalue weighted by Gasteiger charge is -2.41. The van der Waals surface area contributed by atoms with Crippen LogP contribution in [0.5, 0.6) is 0 Å². The number of rotatable bonds is 2. The zero-order valence-electron chi connectivity index (χ0n) is 11.6. The van der Waals surface area contributed by atoms with E-state index in [1.165, 1.54) is 32.2 Å². The van der Waals surface area contributed by atoms with E-state index in [1.807, 2.05) is 0 Å². The van der Waals surface area contributed by atoms with Gasteiger partial charge in [-0.3, -0.25) is 9.69 Å². The van der Waals surface area contributed by atoms with Crippen LogP contribution in [0.1, 0.15) is 52.9 Å². The highest BCUT2D eigenvalue weighted by Crippen LogP contribution is 2.32. The Bertz CT molecular complexity index is 276. The molecule has 98 valence electrons. The molecule has 1 saturated carbocycles. The normalized spacial score (nSPS) is 40.5. The third-order valence-electron chi connectivity index (χ3n) is 5.21. The van der Waals surface area contributed by atoms with Crippen LogP contribution in [0.4, 0.5) is 0 Å². The van der Waals surface area contributed by atoms with Gasteiger partial charge in [0, 0.05) is 31.5 Å². The summed E-state index contributed by atoms with van der Waals surface area (Å²) in [6, 6.07) is 0.449. The van der Waals surface area contributed by atoms with E-state index in [0.29, 0.717) is 11.8 Å². The SMILES string of the molecule is CC1CCCCC1CN1CCC(=O)C(C)C1C. The van der Waals surface area contributed by atoms with Gasteiger partial charge in [-0.1, -0.05) is 33.1 Å². The lowest BCUT2D eigenvalue weighted by molar-refractivity contribution is -0.128. The minimum atomic E-state index is 0.239. The monoisotopic (exact) mass is 237 g/mol. The first-order valence-electron chi connectivity index (χ1n) is 7.36. The molecule has 2 heteroatoms. The molecule has 2 aliphatic rings. The van der Waals surface area contributed by atoms with Crippen molar-refractivity contribution < 1.29 is 4.79 Å². The third-order valence-corrected chi connectivity index (χ3v) is 5.21. The van der Waals surface area contributed by atoms with Crippen molar-refractivity contribution in [2.45, 2.75) is 58.9 Å². The van der Waals surface area contributed by atoms with Gasteiger partial charge in [-0.15, -0.1) is 0 Å². The van der Waals surface area contributed by atoms with Crippen molar-refractivity contribution in [2.75, 3.05) is 13.1 Å². The lowest BCUT2D eigenvalue weighted by Crippen LogP contribution is -2.49. The van der Waals surface area contributed by atoms with Gasteiger partial charge in [-0.25, -0.2) is 0 Å². The fourth-order valence-corrected chi connectivity index (χ4v) is 3.49. The summed E-state index contributed by atoms with van der Waals surface area (Å²) in [5, 5.41) is 0. The van der Waals surface area contributed by atoms with Crippen molar-refractivity contribution in [2.24, 2.45) is 17.8 Å². The van der Waals surface area contributed by atoms with Crippen molar-refractivity contribution in [1.29, 1.82) is 0 Å². The molecule has 1 saturated heterocycles. The maximum Gasteiger partial charge on any atom is 0.138 e. The standard InChI is InChI=1S/C15H27NO/c1-11-6-4-5-7-14(11)10-16-9-8-15(17)12(2)13(16)3/h11-14H,4-10H2,1-3H3. The molecule has 4 atom stereocenters. The fraction of sp³-hybridized carbons (Fsp3) is 0.933. The van der Waals surface area contributed by atoms with E-state index < -0.39 is 0 Å². The maximum atomic E-state index is 11.7. The summed E-state index contributed by atoms with van der Waals surface area (Å²) in [6.07, 6.45) is 6.40. The highest BCUT2D eigenvalue weighted by atomic mass is 16.1. The average molecular weight is 237 g/mol. The number of carbonyl (C=O) groups excluding carboxylic acids is 1. The second-order valence-corrected chi connectivity index (χ2v) is 6.26. The van der Waals surface area contributed by atoms with Gasteiger partial charge < -0.3 is 0 Å². The van der Waals surface area contributed by atoms with Crippen LogP contribution in [-0.2, 0) is 4.79 Å². The molecule has 0 radical (unpaired) electrons. The van der Waals surface area contributed by atoms with Crippen LogP contribution in [-0.4, -0.2) is 29.8 Å². The van der Waals surface area contributed by atoms with Crippen molar-refractivity contribution in [1.82, 2.24) is 4.90 Å². The summed E-state index contributed by atoms with van der Waals surface area (Å²) in [5.74, 6) is 2.45. The van der Waals surface area contributed by atoms with E-state index in [4.69, 9.17) is 0 Å². The predicted octanol–water partition coefficient (Wildman–Crippen LogP) is 3.11. The van der Waals surface area contributed by atoms with Crippen molar-refractivity contribution in [3.05, 3.63) is 0 Å². The Morgan fingerprint density at radius 3 is 2.59 bits per heavy atom. The van der Waals surface area contributed by atoms with Crippen LogP contribution in [0.15, 0.2) is 0 Å². The number of hydrogen-bond donors (Lipinski definition) is 0. The summed E-state index contributed by atoms with van der Waals surface area (Å²) in [5.41, 5.74) is 0. The Morgan fingerprint density at radius 2 is 1.88 bits per heavy atom. The summed E-state index contributed by atoms with van der Waals surface area (Å²) >= 11 is 0. The molecule has 0 aromatic rings. The molecule has 1 aliphatic carbocycles. The molecule has 2 fully saturated rings. The van der Waals surface area contributed by atoms with Gasteiger partial charge in [0.2, 0.25) is 0 Å². The van der Waals surface area contributed by atoms with Gasteiger partial charge >= 0.3 is 0 Å². The molecule has 2 nitrogen and oxygen atoms in total. The fourth-order valence-electron chi connectivity index (χ4n) is 3.49. The van der Waals surface area contributed by atoms with Crippen LogP contribution in [0, 0.1) is 17.8 Å². The Labute approximate surface area is 106 Å². The summed E-state index contributed by atoms with van der Waals surface area (Å²) in [6.45, 7) is 8.96. The first-order chi connectivity index (χ1) is 8.09. The Hall–Kier alpha value is -0.370. The molecule has 1 aliphatic heterocycles. The minimum absolute atomic E-state index is 0.239. The van der Waals surface area contributed by atoms with Gasteiger partial charge in [-0.05, 0) is 25.2 Å². The molecule has 0 amide bonds. The summed E-state index contributed by atoms with van der Waals surface area (Å²) < 4.78 is 0. The van der Waals surface area contributed by atoms with Gasteiger partial charge in [0.25, 0.3) is 0 Å². The number of ketones is 1. The summed E-state index contributed by atoms with van der Waals surface area (Å²) in [7, 11) is 0. The molecule has 0 bridgehead atoms. The first-order valence-corrected chi connectivity index (χ1v) is 7.36. The lowest BCUT2D eigenvalue weighted by atomic mass is 9.79.